The van der Waals surface area contributed by atoms with Gasteiger partial charge in [-0.3, -0.25) is 0 Å². The molecule has 0 aliphatic heterocycles. The molecule has 0 bridgehead atoms. The molecule has 0 N–H and O–H groups in total. The van der Waals surface area contributed by atoms with Crippen LogP contribution in [0, 0.1) is 0 Å². The zero-order chi connectivity index (χ0) is 21.2. The van der Waals surface area contributed by atoms with E-state index >= 15 is 0 Å². The van der Waals surface area contributed by atoms with Crippen molar-refractivity contribution in [3.63, 3.8) is 0 Å². The molecule has 0 unspecified atom stereocenters. The third kappa shape index (κ3) is 6.29. The number of halogens is 7. The largest absolute Gasteiger partial charge is 0.311 e. The first-order valence-electron chi connectivity index (χ1n) is 7.83. The average Bonchev–Trinajstić information content (AvgIpc) is 2.68. The Morgan fingerprint density at radius 3 is 1.10 bits per heavy atom. The van der Waals surface area contributed by atoms with E-state index in [0.717, 1.165) is 32.9 Å². The number of benzene rings is 3. The smallest absolute Gasteiger partial charge is 0.0462 e. The van der Waals surface area contributed by atoms with Crippen molar-refractivity contribution in [2.75, 3.05) is 4.90 Å². The molecular formula is C18H12Cl7NS3. The van der Waals surface area contributed by atoms with Gasteiger partial charge >= 0.3 is 0 Å². The molecule has 0 fully saturated rings. The van der Waals surface area contributed by atoms with Crippen molar-refractivity contribution in [3.8, 4) is 0 Å². The minimum Gasteiger partial charge on any atom is -0.311 e. The van der Waals surface area contributed by atoms with E-state index in [1.807, 2.05) is 72.8 Å². The highest BCUT2D eigenvalue weighted by Crippen LogP contribution is 2.70. The lowest BCUT2D eigenvalue weighted by Crippen LogP contribution is -2.09. The van der Waals surface area contributed by atoms with E-state index < -0.39 is 15.3 Å². The molecule has 3 rings (SSSR count). The van der Waals surface area contributed by atoms with Gasteiger partial charge in [-0.05, 0) is 159 Å². The SMILES string of the molecule is ClSc1ccc(N(c2ccc(S(Cl)(Cl)Cl)cc2)c2ccc(S(Cl)(Cl)Cl)cc2)cc1. The van der Waals surface area contributed by atoms with E-state index in [9.17, 15) is 0 Å². The Labute approximate surface area is 208 Å². The van der Waals surface area contributed by atoms with Crippen LogP contribution in [0.1, 0.15) is 0 Å². The van der Waals surface area contributed by atoms with Crippen LogP contribution in [-0.2, 0) is 0 Å². The first kappa shape index (κ1) is 24.2. The predicted octanol–water partition coefficient (Wildman–Crippen LogP) is 11.7. The number of hydrogen-bond acceptors (Lipinski definition) is 2. The van der Waals surface area contributed by atoms with E-state index in [2.05, 4.69) is 4.90 Å². The van der Waals surface area contributed by atoms with E-state index in [1.54, 1.807) is 0 Å². The standard InChI is InChI=1S/C18H12Cl7NS3/c19-27-16-7-1-13(2-8-16)26(14-3-9-17(10-4-14)28(20,21)22)15-5-11-18(12-6-15)29(23,24)25/h1-12H. The number of hydrogen-bond donors (Lipinski definition) is 0. The fourth-order valence-electron chi connectivity index (χ4n) is 2.59. The zero-order valence-electron chi connectivity index (χ0n) is 14.2. The zero-order valence-corrected chi connectivity index (χ0v) is 22.0. The molecule has 0 aliphatic rings. The first-order chi connectivity index (χ1) is 13.6. The minimum absolute atomic E-state index is 0.662. The van der Waals surface area contributed by atoms with Crippen LogP contribution < -0.4 is 4.90 Å². The molecule has 0 saturated carbocycles. The number of anilines is 3. The van der Waals surface area contributed by atoms with E-state index in [4.69, 9.17) is 74.8 Å². The molecule has 0 radical (unpaired) electrons. The summed E-state index contributed by atoms with van der Waals surface area (Å²) >= 11 is 0. The minimum atomic E-state index is -2.37. The van der Waals surface area contributed by atoms with Gasteiger partial charge in [0.25, 0.3) is 0 Å². The summed E-state index contributed by atoms with van der Waals surface area (Å²) < 4.78 is 0. The summed E-state index contributed by atoms with van der Waals surface area (Å²) in [6.07, 6.45) is 0. The summed E-state index contributed by atoms with van der Waals surface area (Å²) in [7, 11) is 38.7. The molecular weight excluding hydrogens is 575 g/mol. The number of nitrogens with zero attached hydrogens (tertiary/aromatic N) is 1. The second-order valence-corrected chi connectivity index (χ2v) is 20.5. The molecule has 0 saturated heterocycles. The summed E-state index contributed by atoms with van der Waals surface area (Å²) in [6.45, 7) is 0. The van der Waals surface area contributed by atoms with Crippen LogP contribution in [0.2, 0.25) is 0 Å². The van der Waals surface area contributed by atoms with E-state index in [1.165, 1.54) is 0 Å². The number of rotatable bonds is 6. The van der Waals surface area contributed by atoms with Crippen molar-refractivity contribution in [2.45, 2.75) is 14.7 Å². The van der Waals surface area contributed by atoms with Crippen LogP contribution in [0.15, 0.2) is 87.5 Å². The Balaban J connectivity index is 2.06. The van der Waals surface area contributed by atoms with Crippen molar-refractivity contribution in [1.29, 1.82) is 0 Å². The van der Waals surface area contributed by atoms with Crippen LogP contribution >= 0.6 is 101 Å². The van der Waals surface area contributed by atoms with Crippen molar-refractivity contribution in [3.05, 3.63) is 72.8 Å². The summed E-state index contributed by atoms with van der Waals surface area (Å²) in [4.78, 5) is 4.32. The normalized spacial score (nSPS) is 13.2. The molecule has 0 aliphatic carbocycles. The molecule has 0 spiro atoms. The Kier molecular flexibility index (Phi) is 8.34. The Hall–Kier alpha value is 0.540. The molecule has 0 atom stereocenters. The second kappa shape index (κ2) is 9.99. The molecule has 3 aromatic carbocycles. The van der Waals surface area contributed by atoms with Gasteiger partial charge in [0.15, 0.2) is 0 Å². The molecule has 0 heterocycles. The second-order valence-electron chi connectivity index (χ2n) is 5.71. The maximum Gasteiger partial charge on any atom is 0.0462 e. The fraction of sp³-hybridized carbons (Fsp3) is 0. The van der Waals surface area contributed by atoms with Crippen molar-refractivity contribution in [1.82, 2.24) is 0 Å². The molecule has 11 heteroatoms. The Morgan fingerprint density at radius 2 is 0.828 bits per heavy atom. The molecule has 0 amide bonds. The first-order valence-corrected chi connectivity index (χ1v) is 17.7. The monoisotopic (exact) mass is 583 g/mol. The highest BCUT2D eigenvalue weighted by molar-refractivity contribution is 8.79. The average molecular weight is 587 g/mol. The summed E-state index contributed by atoms with van der Waals surface area (Å²) in [5, 5.41) is 0. The maximum absolute atomic E-state index is 6.07. The van der Waals surface area contributed by atoms with Crippen LogP contribution in [-0.4, -0.2) is 0 Å². The van der Waals surface area contributed by atoms with Crippen LogP contribution in [0.4, 0.5) is 17.1 Å². The molecule has 156 valence electrons. The van der Waals surface area contributed by atoms with Gasteiger partial charge in [-0.25, -0.2) is 0 Å². The van der Waals surface area contributed by atoms with Gasteiger partial charge < -0.3 is 4.90 Å². The third-order valence-corrected chi connectivity index (χ3v) is 9.71. The van der Waals surface area contributed by atoms with Gasteiger partial charge in [-0.15, -0.1) is 0 Å². The molecule has 3 aromatic rings. The van der Waals surface area contributed by atoms with Crippen LogP contribution in [0.3, 0.4) is 0 Å². The summed E-state index contributed by atoms with van der Waals surface area (Å²) in [6, 6.07) is 22.7. The van der Waals surface area contributed by atoms with Gasteiger partial charge in [0, 0.05) is 47.1 Å². The lowest BCUT2D eigenvalue weighted by atomic mass is 10.2. The van der Waals surface area contributed by atoms with Crippen LogP contribution in [0.5, 0.6) is 0 Å². The molecule has 29 heavy (non-hydrogen) atoms. The molecule has 0 aromatic heterocycles. The summed E-state index contributed by atoms with van der Waals surface area (Å²) in [5.41, 5.74) is 2.72. The lowest BCUT2D eigenvalue weighted by molar-refractivity contribution is 1.25. The lowest BCUT2D eigenvalue weighted by Gasteiger charge is -2.27. The van der Waals surface area contributed by atoms with Gasteiger partial charge in [0.1, 0.15) is 0 Å². The van der Waals surface area contributed by atoms with Gasteiger partial charge in [0.05, 0.1) is 0 Å². The predicted molar refractivity (Wildman–Crippen MR) is 140 cm³/mol. The van der Waals surface area contributed by atoms with Crippen molar-refractivity contribution < 1.29 is 0 Å². The Bertz CT molecular complexity index is 896. The highest BCUT2D eigenvalue weighted by atomic mass is 36.2. The molecule has 1 nitrogen and oxygen atoms in total. The van der Waals surface area contributed by atoms with E-state index in [0.29, 0.717) is 9.79 Å². The van der Waals surface area contributed by atoms with Gasteiger partial charge in [-0.2, -0.15) is 0 Å². The topological polar surface area (TPSA) is 3.24 Å². The fourth-order valence-corrected chi connectivity index (χ4v) is 5.88. The van der Waals surface area contributed by atoms with Crippen molar-refractivity contribution >= 4 is 118 Å². The van der Waals surface area contributed by atoms with Gasteiger partial charge in [-0.1, -0.05) is 0 Å². The summed E-state index contributed by atoms with van der Waals surface area (Å²) in [5.74, 6) is 0. The Morgan fingerprint density at radius 1 is 0.517 bits per heavy atom. The van der Waals surface area contributed by atoms with Crippen molar-refractivity contribution in [2.24, 2.45) is 0 Å². The van der Waals surface area contributed by atoms with Gasteiger partial charge in [0.2, 0.25) is 0 Å². The third-order valence-electron chi connectivity index (χ3n) is 3.91. The quantitative estimate of drug-likeness (QED) is 0.283. The maximum atomic E-state index is 6.07. The van der Waals surface area contributed by atoms with Crippen LogP contribution in [0.25, 0.3) is 0 Å². The highest BCUT2D eigenvalue weighted by Gasteiger charge is 2.20. The van der Waals surface area contributed by atoms with E-state index in [-0.39, 0.29) is 0 Å².